The lowest BCUT2D eigenvalue weighted by Crippen LogP contribution is -2.45. The molecule has 44 heavy (non-hydrogen) atoms. The highest BCUT2D eigenvalue weighted by atomic mass is 16.5. The zero-order chi connectivity index (χ0) is 32.0. The monoisotopic (exact) mass is 603 g/mol. The number of esters is 1. The summed E-state index contributed by atoms with van der Waals surface area (Å²) >= 11 is 0. The summed E-state index contributed by atoms with van der Waals surface area (Å²) in [4.78, 5) is 36.4. The molecule has 2 amide bonds. The van der Waals surface area contributed by atoms with Gasteiger partial charge in [0.25, 0.3) is 0 Å². The van der Waals surface area contributed by atoms with Crippen LogP contribution in [0.1, 0.15) is 59.7 Å². The van der Waals surface area contributed by atoms with Crippen molar-refractivity contribution in [2.24, 2.45) is 5.10 Å². The minimum atomic E-state index is -1.14. The van der Waals surface area contributed by atoms with E-state index in [4.69, 9.17) is 14.2 Å². The number of ether oxygens (including phenoxy) is 3. The van der Waals surface area contributed by atoms with Crippen LogP contribution in [0.15, 0.2) is 64.9 Å². The maximum absolute atomic E-state index is 12.4. The van der Waals surface area contributed by atoms with Crippen LogP contribution in [0.4, 0.5) is 4.79 Å². The van der Waals surface area contributed by atoms with Gasteiger partial charge < -0.3 is 34.5 Å². The average molecular weight is 604 g/mol. The van der Waals surface area contributed by atoms with Gasteiger partial charge in [0.05, 0.1) is 31.5 Å². The lowest BCUT2D eigenvalue weighted by atomic mass is 9.95. The molecule has 2 heterocycles. The standard InChI is InChI=1S/C32H37N5O7/c1-7-43-27-15-23(30-29(31(40)42-6)19(3)34-32(41)35-30)11-12-26(27)44-17-28(39)36-33-16-24-13-18(2)37(20(24)4)25-10-8-9-22(14-25)21(5)38/h8-16,28,30,36,39H,7,17H2,1-6H3,(H2,34,35,41)/b33-16-/t28-,30+/m1/s1. The van der Waals surface area contributed by atoms with E-state index >= 15 is 0 Å². The van der Waals surface area contributed by atoms with Gasteiger partial charge in [-0.25, -0.2) is 9.59 Å². The third-order valence-corrected chi connectivity index (χ3v) is 7.08. The minimum Gasteiger partial charge on any atom is -0.490 e. The molecule has 232 valence electrons. The first-order valence-corrected chi connectivity index (χ1v) is 14.1. The number of hydrazone groups is 1. The molecule has 0 saturated heterocycles. The Morgan fingerprint density at radius 1 is 1.11 bits per heavy atom. The van der Waals surface area contributed by atoms with Gasteiger partial charge in [-0.1, -0.05) is 18.2 Å². The number of nitrogens with zero attached hydrogens (tertiary/aromatic N) is 2. The SMILES string of the molecule is CCOc1cc([C@@H]2NC(=O)NC(C)=C2C(=O)OC)ccc1OC[C@@H](O)N/N=C\c1cc(C)n(-c2cccc(C(C)=O)c2)c1C. The van der Waals surface area contributed by atoms with Crippen molar-refractivity contribution in [1.29, 1.82) is 0 Å². The van der Waals surface area contributed by atoms with Gasteiger partial charge in [-0.3, -0.25) is 10.2 Å². The van der Waals surface area contributed by atoms with Crippen molar-refractivity contribution in [2.75, 3.05) is 20.3 Å². The second kappa shape index (κ2) is 13.9. The second-order valence-corrected chi connectivity index (χ2v) is 10.2. The van der Waals surface area contributed by atoms with Gasteiger partial charge >= 0.3 is 12.0 Å². The molecule has 12 heteroatoms. The quantitative estimate of drug-likeness (QED) is 0.0802. The molecule has 0 radical (unpaired) electrons. The van der Waals surface area contributed by atoms with Crippen LogP contribution in [0.2, 0.25) is 0 Å². The number of rotatable bonds is 12. The number of methoxy groups -OCH3 is 1. The molecule has 0 aliphatic carbocycles. The number of hydrogen-bond donors (Lipinski definition) is 4. The highest BCUT2D eigenvalue weighted by molar-refractivity contribution is 5.95. The first kappa shape index (κ1) is 31.8. The summed E-state index contributed by atoms with van der Waals surface area (Å²) in [5.74, 6) is 0.155. The van der Waals surface area contributed by atoms with Crippen molar-refractivity contribution in [2.45, 2.75) is 46.9 Å². The Labute approximate surface area is 255 Å². The predicted octanol–water partition coefficient (Wildman–Crippen LogP) is 3.82. The Kier molecular flexibility index (Phi) is 10.1. The van der Waals surface area contributed by atoms with Gasteiger partial charge in [-0.05, 0) is 70.5 Å². The van der Waals surface area contributed by atoms with Crippen LogP contribution in [0, 0.1) is 13.8 Å². The summed E-state index contributed by atoms with van der Waals surface area (Å²) in [6, 6.07) is 13.2. The van der Waals surface area contributed by atoms with Crippen LogP contribution in [-0.2, 0) is 9.53 Å². The number of nitrogens with one attached hydrogen (secondary N) is 3. The van der Waals surface area contributed by atoms with Crippen molar-refractivity contribution in [3.8, 4) is 17.2 Å². The second-order valence-electron chi connectivity index (χ2n) is 10.2. The number of amides is 2. The van der Waals surface area contributed by atoms with E-state index in [1.54, 1.807) is 37.4 Å². The molecular formula is C32H37N5O7. The third-order valence-electron chi connectivity index (χ3n) is 7.08. The molecule has 1 aliphatic heterocycles. The highest BCUT2D eigenvalue weighted by Gasteiger charge is 2.32. The highest BCUT2D eigenvalue weighted by Crippen LogP contribution is 2.35. The first-order valence-electron chi connectivity index (χ1n) is 14.1. The van der Waals surface area contributed by atoms with Gasteiger partial charge in [-0.15, -0.1) is 0 Å². The fraction of sp³-hybridized carbons (Fsp3) is 0.312. The van der Waals surface area contributed by atoms with Gasteiger partial charge in [-0.2, -0.15) is 5.10 Å². The van der Waals surface area contributed by atoms with Crippen molar-refractivity contribution < 1.29 is 33.7 Å². The van der Waals surface area contributed by atoms with E-state index in [1.807, 2.05) is 49.6 Å². The molecule has 2 aromatic carbocycles. The number of benzene rings is 2. The van der Waals surface area contributed by atoms with E-state index in [0.29, 0.717) is 34.9 Å². The number of aliphatic hydroxyl groups excluding tert-OH is 1. The van der Waals surface area contributed by atoms with Crippen LogP contribution < -0.4 is 25.5 Å². The fourth-order valence-electron chi connectivity index (χ4n) is 4.99. The van der Waals surface area contributed by atoms with E-state index in [2.05, 4.69) is 21.2 Å². The number of Topliss-reactive ketones (excluding diaryl/α,β-unsaturated/α-hetero) is 1. The van der Waals surface area contributed by atoms with Crippen LogP contribution in [-0.4, -0.2) is 60.2 Å². The maximum Gasteiger partial charge on any atom is 0.337 e. The Balaban J connectivity index is 1.44. The zero-order valence-electron chi connectivity index (χ0n) is 25.6. The molecule has 0 saturated carbocycles. The molecule has 0 bridgehead atoms. The van der Waals surface area contributed by atoms with Crippen molar-refractivity contribution in [3.63, 3.8) is 0 Å². The number of aromatic nitrogens is 1. The molecule has 0 unspecified atom stereocenters. The molecule has 1 aliphatic rings. The Morgan fingerprint density at radius 3 is 2.59 bits per heavy atom. The van der Waals surface area contributed by atoms with Crippen LogP contribution in [0.5, 0.6) is 11.5 Å². The number of hydrogen-bond acceptors (Lipinski definition) is 9. The van der Waals surface area contributed by atoms with Crippen LogP contribution in [0.25, 0.3) is 5.69 Å². The number of carbonyl (C=O) groups excluding carboxylic acids is 3. The smallest absolute Gasteiger partial charge is 0.337 e. The number of carbonyl (C=O) groups is 3. The van der Waals surface area contributed by atoms with E-state index in [0.717, 1.165) is 22.6 Å². The summed E-state index contributed by atoms with van der Waals surface area (Å²) in [5.41, 5.74) is 8.15. The van der Waals surface area contributed by atoms with Gasteiger partial charge in [0.15, 0.2) is 23.5 Å². The molecule has 12 nitrogen and oxygen atoms in total. The number of aliphatic hydroxyl groups is 1. The molecule has 0 spiro atoms. The lowest BCUT2D eigenvalue weighted by Gasteiger charge is -2.28. The van der Waals surface area contributed by atoms with Gasteiger partial charge in [0.1, 0.15) is 6.61 Å². The molecule has 1 aromatic heterocycles. The van der Waals surface area contributed by atoms with E-state index in [9.17, 15) is 19.5 Å². The Bertz CT molecular complexity index is 1620. The van der Waals surface area contributed by atoms with Crippen LogP contribution in [0.3, 0.4) is 0 Å². The number of ketones is 1. The molecule has 4 N–H and O–H groups in total. The van der Waals surface area contributed by atoms with Crippen molar-refractivity contribution in [3.05, 3.63) is 87.9 Å². The summed E-state index contributed by atoms with van der Waals surface area (Å²) in [6.45, 7) is 9.08. The Hall–Kier alpha value is -5.10. The summed E-state index contributed by atoms with van der Waals surface area (Å²) in [5, 5.41) is 20.0. The Morgan fingerprint density at radius 2 is 1.89 bits per heavy atom. The van der Waals surface area contributed by atoms with Crippen molar-refractivity contribution >= 4 is 24.0 Å². The normalized spacial score (nSPS) is 15.4. The number of aryl methyl sites for hydroxylation is 1. The van der Waals surface area contributed by atoms with E-state index in [1.165, 1.54) is 14.0 Å². The first-order chi connectivity index (χ1) is 21.0. The maximum atomic E-state index is 12.4. The predicted molar refractivity (Wildman–Crippen MR) is 164 cm³/mol. The molecule has 4 rings (SSSR count). The average Bonchev–Trinajstić information content (AvgIpc) is 3.28. The minimum absolute atomic E-state index is 0.00367. The third kappa shape index (κ3) is 7.09. The zero-order valence-corrected chi connectivity index (χ0v) is 25.6. The summed E-state index contributed by atoms with van der Waals surface area (Å²) < 4.78 is 18.5. The summed E-state index contributed by atoms with van der Waals surface area (Å²) in [7, 11) is 1.27. The fourth-order valence-corrected chi connectivity index (χ4v) is 4.99. The molecule has 3 aromatic rings. The molecule has 2 atom stereocenters. The van der Waals surface area contributed by atoms with E-state index < -0.39 is 24.3 Å². The van der Waals surface area contributed by atoms with E-state index in [-0.39, 0.29) is 18.0 Å². The number of urea groups is 1. The van der Waals surface area contributed by atoms with Gasteiger partial charge in [0, 0.05) is 33.9 Å². The van der Waals surface area contributed by atoms with Crippen LogP contribution >= 0.6 is 0 Å². The number of allylic oxidation sites excluding steroid dienone is 1. The lowest BCUT2D eigenvalue weighted by molar-refractivity contribution is -0.136. The molecule has 0 fully saturated rings. The summed E-state index contributed by atoms with van der Waals surface area (Å²) in [6.07, 6.45) is 0.468. The largest absolute Gasteiger partial charge is 0.490 e. The van der Waals surface area contributed by atoms with Gasteiger partial charge in [0.2, 0.25) is 0 Å². The molecular weight excluding hydrogens is 566 g/mol. The topological polar surface area (TPSA) is 153 Å². The van der Waals surface area contributed by atoms with Crippen molar-refractivity contribution in [1.82, 2.24) is 20.6 Å².